The minimum Gasteiger partial charge on any atom is -0.385 e. The molecule has 0 amide bonds. The normalized spacial score (nSPS) is 11.3. The van der Waals surface area contributed by atoms with Crippen molar-refractivity contribution in [1.82, 2.24) is 0 Å². The van der Waals surface area contributed by atoms with E-state index < -0.39 is 0 Å². The second-order valence-electron chi connectivity index (χ2n) is 11.8. The van der Waals surface area contributed by atoms with Crippen LogP contribution in [-0.4, -0.2) is 13.1 Å². The van der Waals surface area contributed by atoms with Crippen molar-refractivity contribution in [2.75, 3.05) is 23.7 Å². The maximum Gasteiger partial charge on any atom is 0.352 e. The molecule has 0 spiro atoms. The number of nitrogens with zero attached hydrogens (tertiary/aromatic N) is 2. The summed E-state index contributed by atoms with van der Waals surface area (Å²) in [5, 5.41) is 7.27. The first-order valence-corrected chi connectivity index (χ1v) is 17.3. The summed E-state index contributed by atoms with van der Waals surface area (Å²) in [4.78, 5) is 0. The van der Waals surface area contributed by atoms with Crippen LogP contribution in [-0.2, 0) is 0 Å². The van der Waals surface area contributed by atoms with Gasteiger partial charge < -0.3 is 10.6 Å². The third kappa shape index (κ3) is 15.6. The van der Waals surface area contributed by atoms with Crippen LogP contribution in [0.5, 0.6) is 0 Å². The van der Waals surface area contributed by atoms with E-state index in [1.165, 1.54) is 133 Å². The molecule has 226 valence electrons. The maximum absolute atomic E-state index is 3.64. The summed E-state index contributed by atoms with van der Waals surface area (Å²) in [6.45, 7) is 9.00. The van der Waals surface area contributed by atoms with E-state index >= 15 is 0 Å². The Hall–Kier alpha value is -2.10. The molecule has 2 rings (SSSR count). The maximum atomic E-state index is 3.64. The van der Waals surface area contributed by atoms with Crippen molar-refractivity contribution in [3.05, 3.63) is 49.1 Å². The van der Waals surface area contributed by atoms with Crippen molar-refractivity contribution < 1.29 is 9.13 Å². The Morgan fingerprint density at radius 2 is 0.775 bits per heavy atom. The quantitative estimate of drug-likeness (QED) is 0.0898. The van der Waals surface area contributed by atoms with E-state index in [0.717, 1.165) is 19.5 Å². The molecule has 0 saturated heterocycles. The fourth-order valence-electron chi connectivity index (χ4n) is 5.52. The highest BCUT2D eigenvalue weighted by Gasteiger charge is 2.26. The molecule has 4 nitrogen and oxygen atoms in total. The first-order valence-electron chi connectivity index (χ1n) is 17.3. The van der Waals surface area contributed by atoms with Crippen LogP contribution >= 0.6 is 0 Å². The number of rotatable bonds is 26. The van der Waals surface area contributed by atoms with Crippen LogP contribution in [0, 0.1) is 0 Å². The zero-order valence-corrected chi connectivity index (χ0v) is 26.6. The first-order chi connectivity index (χ1) is 19.8. The third-order valence-corrected chi connectivity index (χ3v) is 8.18. The number of pyridine rings is 2. The molecule has 0 fully saturated rings. The van der Waals surface area contributed by atoms with Crippen LogP contribution in [0.2, 0.25) is 0 Å². The Labute approximate surface area is 248 Å². The molecule has 0 saturated carbocycles. The van der Waals surface area contributed by atoms with E-state index in [9.17, 15) is 0 Å². The number of unbranched alkanes of at least 4 members (excludes halogenated alkanes) is 16. The number of hydrogen-bond donors (Lipinski definition) is 2. The lowest BCUT2D eigenvalue weighted by atomic mass is 10.1. The van der Waals surface area contributed by atoms with E-state index in [1.54, 1.807) is 0 Å². The van der Waals surface area contributed by atoms with Gasteiger partial charge in [0.2, 0.25) is 0 Å². The number of anilines is 2. The Balaban J connectivity index is 1.88. The summed E-state index contributed by atoms with van der Waals surface area (Å²) in [5.74, 6) is 0. The second-order valence-corrected chi connectivity index (χ2v) is 11.8. The van der Waals surface area contributed by atoms with Gasteiger partial charge in [-0.2, -0.15) is 0 Å². The molecule has 0 bridgehead atoms. The van der Waals surface area contributed by atoms with Gasteiger partial charge in [0.15, 0.2) is 24.8 Å². The van der Waals surface area contributed by atoms with Crippen LogP contribution in [0.1, 0.15) is 155 Å². The molecule has 0 radical (unpaired) electrons. The highest BCUT2D eigenvalue weighted by atomic mass is 15.2. The fourth-order valence-corrected chi connectivity index (χ4v) is 5.52. The van der Waals surface area contributed by atoms with Gasteiger partial charge in [-0.1, -0.05) is 124 Å². The Morgan fingerprint density at radius 1 is 0.450 bits per heavy atom. The predicted octanol–water partition coefficient (Wildman–Crippen LogP) is 9.99. The molecule has 0 aliphatic carbocycles. The number of aromatic nitrogens is 2. The van der Waals surface area contributed by atoms with E-state index in [1.807, 2.05) is 0 Å². The summed E-state index contributed by atoms with van der Waals surface area (Å²) in [6.07, 6.45) is 36.1. The summed E-state index contributed by atoms with van der Waals surface area (Å²) in [7, 11) is 0. The Morgan fingerprint density at radius 3 is 1.15 bits per heavy atom. The monoisotopic (exact) mass is 553 g/mol. The Kier molecular flexibility index (Phi) is 20.1. The molecule has 40 heavy (non-hydrogen) atoms. The van der Waals surface area contributed by atoms with Gasteiger partial charge in [-0.25, -0.2) is 0 Å². The first kappa shape index (κ1) is 34.1. The van der Waals surface area contributed by atoms with E-state index in [2.05, 4.69) is 89.6 Å². The van der Waals surface area contributed by atoms with Crippen LogP contribution in [0.4, 0.5) is 11.4 Å². The molecule has 2 aromatic rings. The molecule has 4 heteroatoms. The molecular weight excluding hydrogens is 488 g/mol. The lowest BCUT2D eigenvalue weighted by Crippen LogP contribution is -2.56. The second kappa shape index (κ2) is 23.6. The molecular formula is C36H64N4+2. The number of hydrogen-bond acceptors (Lipinski definition) is 2. The zero-order chi connectivity index (χ0) is 28.5. The average molecular weight is 553 g/mol. The SMILES string of the molecule is CCCCCCCCCC([n+]1ccc(NCCCCCCCC)cc1)[n+]1ccc(NCCCCCCCC)cc1. The minimum atomic E-state index is 0.316. The van der Waals surface area contributed by atoms with Crippen LogP contribution < -0.4 is 19.8 Å². The molecule has 0 aliphatic rings. The molecule has 0 aliphatic heterocycles. The lowest BCUT2D eigenvalue weighted by molar-refractivity contribution is -0.945. The summed E-state index contributed by atoms with van der Waals surface area (Å²) in [5.41, 5.74) is 2.47. The van der Waals surface area contributed by atoms with Crippen molar-refractivity contribution in [3.8, 4) is 0 Å². The number of nitrogens with one attached hydrogen (secondary N) is 2. The summed E-state index contributed by atoms with van der Waals surface area (Å²) in [6, 6.07) is 9.02. The molecule has 0 aromatic carbocycles. The van der Waals surface area contributed by atoms with Gasteiger partial charge in [-0.15, -0.1) is 9.13 Å². The van der Waals surface area contributed by atoms with Crippen LogP contribution in [0.3, 0.4) is 0 Å². The van der Waals surface area contributed by atoms with Crippen molar-refractivity contribution >= 4 is 11.4 Å². The predicted molar refractivity (Wildman–Crippen MR) is 174 cm³/mol. The molecule has 2 N–H and O–H groups in total. The van der Waals surface area contributed by atoms with Crippen molar-refractivity contribution in [2.45, 2.75) is 155 Å². The van der Waals surface area contributed by atoms with E-state index in [4.69, 9.17) is 0 Å². The fraction of sp³-hybridized carbons (Fsp3) is 0.722. The van der Waals surface area contributed by atoms with Gasteiger partial charge in [-0.05, 0) is 19.3 Å². The summed E-state index contributed by atoms with van der Waals surface area (Å²) >= 11 is 0. The summed E-state index contributed by atoms with van der Waals surface area (Å²) < 4.78 is 4.80. The van der Waals surface area contributed by atoms with E-state index in [0.29, 0.717) is 6.17 Å². The van der Waals surface area contributed by atoms with Gasteiger partial charge in [0.05, 0.1) is 6.42 Å². The Bertz CT molecular complexity index is 756. The third-order valence-electron chi connectivity index (χ3n) is 8.18. The topological polar surface area (TPSA) is 31.8 Å². The molecule has 2 aromatic heterocycles. The molecule has 0 unspecified atom stereocenters. The van der Waals surface area contributed by atoms with Gasteiger partial charge in [0, 0.05) is 48.7 Å². The smallest absolute Gasteiger partial charge is 0.352 e. The van der Waals surface area contributed by atoms with Crippen LogP contribution in [0.15, 0.2) is 49.1 Å². The van der Waals surface area contributed by atoms with Crippen LogP contribution in [0.25, 0.3) is 0 Å². The highest BCUT2D eigenvalue weighted by molar-refractivity contribution is 5.40. The van der Waals surface area contributed by atoms with Crippen molar-refractivity contribution in [1.29, 1.82) is 0 Å². The standard InChI is InChI=1S/C36H62N4/c1-4-7-10-13-16-17-20-23-36(39-30-24-34(25-31-39)37-28-21-18-14-11-8-5-2)40-32-26-35(27-33-40)38-29-22-19-15-12-9-6-3/h24-27,30-33,36H,4-23,28-29H2,1-3H3/p+2. The van der Waals surface area contributed by atoms with Gasteiger partial charge in [-0.3, -0.25) is 0 Å². The zero-order valence-electron chi connectivity index (χ0n) is 26.6. The average Bonchev–Trinajstić information content (AvgIpc) is 2.98. The largest absolute Gasteiger partial charge is 0.385 e. The van der Waals surface area contributed by atoms with Gasteiger partial charge in [0.1, 0.15) is 0 Å². The molecule has 2 heterocycles. The van der Waals surface area contributed by atoms with Crippen molar-refractivity contribution in [2.24, 2.45) is 0 Å². The minimum absolute atomic E-state index is 0.316. The van der Waals surface area contributed by atoms with Crippen molar-refractivity contribution in [3.63, 3.8) is 0 Å². The van der Waals surface area contributed by atoms with Gasteiger partial charge in [0.25, 0.3) is 0 Å². The highest BCUT2D eigenvalue weighted by Crippen LogP contribution is 2.14. The lowest BCUT2D eigenvalue weighted by Gasteiger charge is -2.11. The van der Waals surface area contributed by atoms with Gasteiger partial charge >= 0.3 is 6.17 Å². The molecule has 0 atom stereocenters. The van der Waals surface area contributed by atoms with E-state index in [-0.39, 0.29) is 0 Å².